The van der Waals surface area contributed by atoms with Gasteiger partial charge in [-0.15, -0.1) is 0 Å². The Labute approximate surface area is 208 Å². The molecule has 2 aromatic rings. The van der Waals surface area contributed by atoms with Crippen LogP contribution in [0.25, 0.3) is 5.57 Å². The zero-order valence-electron chi connectivity index (χ0n) is 20.8. The van der Waals surface area contributed by atoms with Gasteiger partial charge in [-0.2, -0.15) is 0 Å². The number of hydrogen-bond acceptors (Lipinski definition) is 5. The third-order valence-electron chi connectivity index (χ3n) is 6.97. The third-order valence-corrected chi connectivity index (χ3v) is 8.39. The lowest BCUT2D eigenvalue weighted by Crippen LogP contribution is -2.35. The standard InChI is InChI=1S/C27H35N3O4S/c1-4-30(5-2)26(31)21-9-7-20(8-10-21)23-17-22-18-24(35(32,33)28-3)11-12-25(22)34-27(19-23)13-6-15-29-16-14-27/h7-12,18-19,28-29H,4-6,13-17H2,1-3H3. The van der Waals surface area contributed by atoms with Crippen molar-refractivity contribution in [2.45, 2.75) is 50.0 Å². The van der Waals surface area contributed by atoms with Crippen LogP contribution in [0.3, 0.4) is 0 Å². The van der Waals surface area contributed by atoms with E-state index in [2.05, 4.69) is 16.1 Å². The fourth-order valence-electron chi connectivity index (χ4n) is 4.92. The van der Waals surface area contributed by atoms with Crippen molar-refractivity contribution < 1.29 is 17.9 Å². The Hall–Kier alpha value is -2.68. The normalized spacial score (nSPS) is 20.3. The van der Waals surface area contributed by atoms with E-state index in [0.29, 0.717) is 25.1 Å². The van der Waals surface area contributed by atoms with Crippen LogP contribution in [-0.2, 0) is 16.4 Å². The predicted molar refractivity (Wildman–Crippen MR) is 138 cm³/mol. The highest BCUT2D eigenvalue weighted by molar-refractivity contribution is 7.89. The maximum Gasteiger partial charge on any atom is 0.253 e. The molecule has 0 aromatic heterocycles. The maximum absolute atomic E-state index is 12.8. The number of carbonyl (C=O) groups is 1. The molecular formula is C27H35N3O4S. The average Bonchev–Trinajstić information content (AvgIpc) is 3.19. The molecule has 0 radical (unpaired) electrons. The molecule has 1 saturated heterocycles. The van der Waals surface area contributed by atoms with Gasteiger partial charge in [-0.05, 0) is 99.9 Å². The Morgan fingerprint density at radius 1 is 1.09 bits per heavy atom. The summed E-state index contributed by atoms with van der Waals surface area (Å²) in [6, 6.07) is 12.8. The van der Waals surface area contributed by atoms with Crippen LogP contribution in [0.1, 0.15) is 54.6 Å². The van der Waals surface area contributed by atoms with Gasteiger partial charge in [0.2, 0.25) is 10.0 Å². The average molecular weight is 498 g/mol. The zero-order chi connectivity index (χ0) is 25.1. The van der Waals surface area contributed by atoms with Crippen molar-refractivity contribution in [1.82, 2.24) is 14.9 Å². The molecular weight excluding hydrogens is 462 g/mol. The van der Waals surface area contributed by atoms with E-state index >= 15 is 0 Å². The summed E-state index contributed by atoms with van der Waals surface area (Å²) in [4.78, 5) is 14.8. The van der Waals surface area contributed by atoms with Crippen molar-refractivity contribution in [3.05, 3.63) is 65.2 Å². The lowest BCUT2D eigenvalue weighted by Gasteiger charge is -2.30. The molecule has 1 atom stereocenters. The summed E-state index contributed by atoms with van der Waals surface area (Å²) in [7, 11) is -2.16. The molecule has 1 fully saturated rings. The Bertz CT molecular complexity index is 1190. The van der Waals surface area contributed by atoms with Crippen LogP contribution in [0.15, 0.2) is 53.4 Å². The summed E-state index contributed by atoms with van der Waals surface area (Å²) in [5, 5.41) is 3.46. The van der Waals surface area contributed by atoms with Crippen LogP contribution in [0.5, 0.6) is 5.75 Å². The van der Waals surface area contributed by atoms with Gasteiger partial charge in [-0.1, -0.05) is 12.1 Å². The first-order valence-corrected chi connectivity index (χ1v) is 13.9. The molecule has 2 aliphatic rings. The van der Waals surface area contributed by atoms with Gasteiger partial charge in [0.05, 0.1) is 4.90 Å². The second-order valence-corrected chi connectivity index (χ2v) is 11.0. The first-order valence-electron chi connectivity index (χ1n) is 12.4. The SMILES string of the molecule is CCN(CC)C(=O)c1ccc(C2=CC3(CCCNCC3)Oc3ccc(S(=O)(=O)NC)cc3C2)cc1. The molecule has 0 saturated carbocycles. The molecule has 2 N–H and O–H groups in total. The van der Waals surface area contributed by atoms with Gasteiger partial charge in [0.15, 0.2) is 0 Å². The Morgan fingerprint density at radius 3 is 2.51 bits per heavy atom. The topological polar surface area (TPSA) is 87.7 Å². The lowest BCUT2D eigenvalue weighted by atomic mass is 9.88. The largest absolute Gasteiger partial charge is 0.483 e. The quantitative estimate of drug-likeness (QED) is 0.637. The van der Waals surface area contributed by atoms with E-state index < -0.39 is 15.6 Å². The molecule has 2 aliphatic heterocycles. The molecule has 1 amide bonds. The number of carbonyl (C=O) groups excluding carboxylic acids is 1. The van der Waals surface area contributed by atoms with Crippen molar-refractivity contribution in [3.63, 3.8) is 0 Å². The van der Waals surface area contributed by atoms with Gasteiger partial charge in [0.1, 0.15) is 11.4 Å². The van der Waals surface area contributed by atoms with Crippen LogP contribution in [0.4, 0.5) is 0 Å². The Kier molecular flexibility index (Phi) is 7.64. The van der Waals surface area contributed by atoms with Crippen LogP contribution in [0.2, 0.25) is 0 Å². The number of nitrogens with zero attached hydrogens (tertiary/aromatic N) is 1. The number of ether oxygens (including phenoxy) is 1. The highest BCUT2D eigenvalue weighted by Gasteiger charge is 2.35. The van der Waals surface area contributed by atoms with E-state index in [-0.39, 0.29) is 10.8 Å². The monoisotopic (exact) mass is 497 g/mol. The number of hydrogen-bond donors (Lipinski definition) is 2. The number of allylic oxidation sites excluding steroid dienone is 1. The number of rotatable bonds is 6. The Balaban J connectivity index is 1.75. The van der Waals surface area contributed by atoms with Crippen molar-refractivity contribution in [1.29, 1.82) is 0 Å². The predicted octanol–water partition coefficient (Wildman–Crippen LogP) is 3.61. The molecule has 1 unspecified atom stereocenters. The molecule has 0 aliphatic carbocycles. The van der Waals surface area contributed by atoms with Crippen LogP contribution in [0, 0.1) is 0 Å². The van der Waals surface area contributed by atoms with Crippen molar-refractivity contribution in [3.8, 4) is 5.75 Å². The fraction of sp³-hybridized carbons (Fsp3) is 0.444. The van der Waals surface area contributed by atoms with Gasteiger partial charge in [0, 0.05) is 31.5 Å². The summed E-state index contributed by atoms with van der Waals surface area (Å²) in [6.07, 6.45) is 5.46. The summed E-state index contributed by atoms with van der Waals surface area (Å²) in [5.74, 6) is 0.750. The zero-order valence-corrected chi connectivity index (χ0v) is 21.6. The van der Waals surface area contributed by atoms with E-state index in [0.717, 1.165) is 54.8 Å². The van der Waals surface area contributed by atoms with Crippen molar-refractivity contribution in [2.24, 2.45) is 0 Å². The molecule has 1 spiro atoms. The number of amides is 1. The van der Waals surface area contributed by atoms with E-state index in [9.17, 15) is 13.2 Å². The molecule has 0 bridgehead atoms. The first kappa shape index (κ1) is 25.4. The highest BCUT2D eigenvalue weighted by atomic mass is 32.2. The van der Waals surface area contributed by atoms with Crippen molar-refractivity contribution in [2.75, 3.05) is 33.2 Å². The molecule has 7 nitrogen and oxygen atoms in total. The summed E-state index contributed by atoms with van der Waals surface area (Å²) in [5.41, 5.74) is 3.12. The summed E-state index contributed by atoms with van der Waals surface area (Å²) >= 11 is 0. The summed E-state index contributed by atoms with van der Waals surface area (Å²) < 4.78 is 34.0. The van der Waals surface area contributed by atoms with E-state index in [1.807, 2.05) is 38.1 Å². The minimum absolute atomic E-state index is 0.0262. The molecule has 4 rings (SSSR count). The van der Waals surface area contributed by atoms with Gasteiger partial charge >= 0.3 is 0 Å². The molecule has 35 heavy (non-hydrogen) atoms. The van der Waals surface area contributed by atoms with Gasteiger partial charge < -0.3 is 15.0 Å². The van der Waals surface area contributed by atoms with Crippen molar-refractivity contribution >= 4 is 21.5 Å². The maximum atomic E-state index is 12.8. The number of nitrogens with one attached hydrogen (secondary N) is 2. The molecule has 188 valence electrons. The number of benzene rings is 2. The summed E-state index contributed by atoms with van der Waals surface area (Å²) in [6.45, 7) is 7.10. The third kappa shape index (κ3) is 5.44. The van der Waals surface area contributed by atoms with Crippen LogP contribution in [-0.4, -0.2) is 58.1 Å². The van der Waals surface area contributed by atoms with Gasteiger partial charge in [0.25, 0.3) is 5.91 Å². The molecule has 8 heteroatoms. The first-order chi connectivity index (χ1) is 16.8. The van der Waals surface area contributed by atoms with Crippen LogP contribution >= 0.6 is 0 Å². The number of sulfonamides is 1. The van der Waals surface area contributed by atoms with Gasteiger partial charge in [-0.3, -0.25) is 4.79 Å². The minimum atomic E-state index is -3.57. The van der Waals surface area contributed by atoms with E-state index in [1.54, 1.807) is 23.1 Å². The van der Waals surface area contributed by atoms with Gasteiger partial charge in [-0.25, -0.2) is 13.1 Å². The van der Waals surface area contributed by atoms with E-state index in [4.69, 9.17) is 4.74 Å². The fourth-order valence-corrected chi connectivity index (χ4v) is 5.70. The second kappa shape index (κ2) is 10.5. The molecule has 2 aromatic carbocycles. The smallest absolute Gasteiger partial charge is 0.253 e. The number of fused-ring (bicyclic) bond motifs is 1. The molecule has 2 heterocycles. The van der Waals surface area contributed by atoms with E-state index in [1.165, 1.54) is 7.05 Å². The minimum Gasteiger partial charge on any atom is -0.483 e. The lowest BCUT2D eigenvalue weighted by molar-refractivity contribution is 0.0773. The second-order valence-electron chi connectivity index (χ2n) is 9.15. The van der Waals surface area contributed by atoms with Crippen LogP contribution < -0.4 is 14.8 Å². The Morgan fingerprint density at radius 2 is 1.83 bits per heavy atom. The highest BCUT2D eigenvalue weighted by Crippen LogP contribution is 2.39.